The second kappa shape index (κ2) is 10.1. The largest absolute Gasteiger partial charge is 0.496 e. The lowest BCUT2D eigenvalue weighted by molar-refractivity contribution is 0.104. The van der Waals surface area contributed by atoms with Gasteiger partial charge in [-0.25, -0.2) is 0 Å². The second-order valence-electron chi connectivity index (χ2n) is 6.18. The molecule has 0 bridgehead atoms. The minimum absolute atomic E-state index is 0.0997. The number of para-hydroxylation sites is 2. The van der Waals surface area contributed by atoms with Crippen molar-refractivity contribution in [1.29, 1.82) is 0 Å². The Labute approximate surface area is 170 Å². The van der Waals surface area contributed by atoms with Crippen LogP contribution in [0.15, 0.2) is 73.1 Å². The Morgan fingerprint density at radius 1 is 1.00 bits per heavy atom. The molecule has 0 amide bonds. The minimum Gasteiger partial charge on any atom is -0.496 e. The van der Waals surface area contributed by atoms with Crippen molar-refractivity contribution in [2.24, 2.45) is 0 Å². The standard InChI is InChI=1S/C24H23NO4/c1-3-28-23-8-4-5-9-24(23)29-17-20-15-18(11-13-22(20)27-2)10-12-21(26)19-7-6-14-25-16-19/h4-16H,3,17H2,1-2H3/b12-10+. The molecule has 0 spiro atoms. The van der Waals surface area contributed by atoms with Gasteiger partial charge in [0.2, 0.25) is 0 Å². The van der Waals surface area contributed by atoms with Gasteiger partial charge in [-0.3, -0.25) is 9.78 Å². The number of hydrogen-bond acceptors (Lipinski definition) is 5. The van der Waals surface area contributed by atoms with Gasteiger partial charge in [-0.05, 0) is 55.0 Å². The van der Waals surface area contributed by atoms with Gasteiger partial charge in [0, 0.05) is 23.5 Å². The number of nitrogens with zero attached hydrogens (tertiary/aromatic N) is 1. The molecule has 0 aliphatic rings. The van der Waals surface area contributed by atoms with Gasteiger partial charge in [0.15, 0.2) is 17.3 Å². The summed E-state index contributed by atoms with van der Waals surface area (Å²) in [5.74, 6) is 1.99. The molecular formula is C24H23NO4. The van der Waals surface area contributed by atoms with Crippen LogP contribution in [0.25, 0.3) is 6.08 Å². The van der Waals surface area contributed by atoms with Crippen LogP contribution in [0.5, 0.6) is 17.2 Å². The number of ether oxygens (including phenoxy) is 3. The van der Waals surface area contributed by atoms with Crippen molar-refractivity contribution in [3.63, 3.8) is 0 Å². The Morgan fingerprint density at radius 2 is 1.79 bits per heavy atom. The van der Waals surface area contributed by atoms with Crippen LogP contribution in [0.4, 0.5) is 0 Å². The minimum atomic E-state index is -0.0997. The van der Waals surface area contributed by atoms with Crippen LogP contribution in [0.2, 0.25) is 0 Å². The van der Waals surface area contributed by atoms with Crippen LogP contribution in [-0.2, 0) is 6.61 Å². The van der Waals surface area contributed by atoms with Gasteiger partial charge in [0.1, 0.15) is 12.4 Å². The predicted molar refractivity (Wildman–Crippen MR) is 113 cm³/mol. The van der Waals surface area contributed by atoms with Gasteiger partial charge in [0.25, 0.3) is 0 Å². The summed E-state index contributed by atoms with van der Waals surface area (Å²) < 4.78 is 17.0. The Morgan fingerprint density at radius 3 is 2.48 bits per heavy atom. The SMILES string of the molecule is CCOc1ccccc1OCc1cc(/C=C/C(=O)c2cccnc2)ccc1OC. The molecule has 0 unspecified atom stereocenters. The van der Waals surface area contributed by atoms with Crippen LogP contribution >= 0.6 is 0 Å². The summed E-state index contributed by atoms with van der Waals surface area (Å²) in [5, 5.41) is 0. The molecule has 148 valence electrons. The van der Waals surface area contributed by atoms with E-state index in [2.05, 4.69) is 4.98 Å². The number of methoxy groups -OCH3 is 1. The van der Waals surface area contributed by atoms with Gasteiger partial charge >= 0.3 is 0 Å². The second-order valence-corrected chi connectivity index (χ2v) is 6.18. The lowest BCUT2D eigenvalue weighted by Gasteiger charge is -2.14. The smallest absolute Gasteiger partial charge is 0.187 e. The fraction of sp³-hybridized carbons (Fsp3) is 0.167. The topological polar surface area (TPSA) is 57.7 Å². The third-order valence-electron chi connectivity index (χ3n) is 4.21. The molecular weight excluding hydrogens is 366 g/mol. The van der Waals surface area contributed by atoms with E-state index in [9.17, 15) is 4.79 Å². The molecule has 2 aromatic carbocycles. The molecule has 1 aromatic heterocycles. The fourth-order valence-corrected chi connectivity index (χ4v) is 2.79. The summed E-state index contributed by atoms with van der Waals surface area (Å²) >= 11 is 0. The van der Waals surface area contributed by atoms with E-state index in [1.54, 1.807) is 37.7 Å². The molecule has 0 saturated carbocycles. The number of aromatic nitrogens is 1. The molecule has 3 aromatic rings. The molecule has 0 aliphatic heterocycles. The van der Waals surface area contributed by atoms with E-state index in [1.807, 2.05) is 49.4 Å². The Bertz CT molecular complexity index is 983. The zero-order valence-corrected chi connectivity index (χ0v) is 16.5. The monoisotopic (exact) mass is 389 g/mol. The van der Waals surface area contributed by atoms with E-state index in [0.29, 0.717) is 30.3 Å². The highest BCUT2D eigenvalue weighted by Crippen LogP contribution is 2.29. The Hall–Kier alpha value is -3.60. The Kier molecular flexibility index (Phi) is 7.00. The normalized spacial score (nSPS) is 10.7. The summed E-state index contributed by atoms with van der Waals surface area (Å²) in [7, 11) is 1.62. The van der Waals surface area contributed by atoms with Gasteiger partial charge in [-0.2, -0.15) is 0 Å². The van der Waals surface area contributed by atoms with Crippen LogP contribution in [0.3, 0.4) is 0 Å². The number of rotatable bonds is 9. The molecule has 0 atom stereocenters. The maximum atomic E-state index is 12.2. The summed E-state index contributed by atoms with van der Waals surface area (Å²) in [6.07, 6.45) is 6.50. The zero-order valence-electron chi connectivity index (χ0n) is 16.5. The molecule has 29 heavy (non-hydrogen) atoms. The van der Waals surface area contributed by atoms with E-state index in [-0.39, 0.29) is 5.78 Å². The average Bonchev–Trinajstić information content (AvgIpc) is 2.77. The third-order valence-corrected chi connectivity index (χ3v) is 4.21. The van der Waals surface area contributed by atoms with Gasteiger partial charge in [-0.1, -0.05) is 24.3 Å². The van der Waals surface area contributed by atoms with Crippen molar-refractivity contribution in [2.45, 2.75) is 13.5 Å². The lowest BCUT2D eigenvalue weighted by atomic mass is 10.1. The third kappa shape index (κ3) is 5.45. The predicted octanol–water partition coefficient (Wildman–Crippen LogP) is 4.96. The maximum absolute atomic E-state index is 12.2. The highest BCUT2D eigenvalue weighted by atomic mass is 16.5. The molecule has 5 heteroatoms. The summed E-state index contributed by atoms with van der Waals surface area (Å²) in [6, 6.07) is 16.7. The van der Waals surface area contributed by atoms with Crippen molar-refractivity contribution < 1.29 is 19.0 Å². The molecule has 0 radical (unpaired) electrons. The molecule has 0 aliphatic carbocycles. The first-order valence-electron chi connectivity index (χ1n) is 9.35. The van der Waals surface area contributed by atoms with E-state index in [4.69, 9.17) is 14.2 Å². The zero-order chi connectivity index (χ0) is 20.5. The van der Waals surface area contributed by atoms with Gasteiger partial charge in [0.05, 0.1) is 13.7 Å². The summed E-state index contributed by atoms with van der Waals surface area (Å²) in [6.45, 7) is 2.81. The number of hydrogen-bond donors (Lipinski definition) is 0. The number of carbonyl (C=O) groups excluding carboxylic acids is 1. The van der Waals surface area contributed by atoms with E-state index < -0.39 is 0 Å². The fourth-order valence-electron chi connectivity index (χ4n) is 2.79. The number of benzene rings is 2. The lowest BCUT2D eigenvalue weighted by Crippen LogP contribution is -2.01. The molecule has 0 saturated heterocycles. The van der Waals surface area contributed by atoms with Gasteiger partial charge < -0.3 is 14.2 Å². The molecule has 0 N–H and O–H groups in total. The number of allylic oxidation sites excluding steroid dienone is 1. The number of pyridine rings is 1. The number of carbonyl (C=O) groups is 1. The average molecular weight is 389 g/mol. The molecule has 5 nitrogen and oxygen atoms in total. The number of ketones is 1. The highest BCUT2D eigenvalue weighted by Gasteiger charge is 2.08. The highest BCUT2D eigenvalue weighted by molar-refractivity contribution is 6.06. The van der Waals surface area contributed by atoms with E-state index >= 15 is 0 Å². The first-order valence-corrected chi connectivity index (χ1v) is 9.35. The van der Waals surface area contributed by atoms with Crippen molar-refractivity contribution >= 4 is 11.9 Å². The summed E-state index contributed by atoms with van der Waals surface area (Å²) in [4.78, 5) is 16.2. The van der Waals surface area contributed by atoms with Crippen LogP contribution < -0.4 is 14.2 Å². The van der Waals surface area contributed by atoms with Gasteiger partial charge in [-0.15, -0.1) is 0 Å². The first-order chi connectivity index (χ1) is 14.2. The van der Waals surface area contributed by atoms with Crippen molar-refractivity contribution in [1.82, 2.24) is 4.98 Å². The molecule has 3 rings (SSSR count). The van der Waals surface area contributed by atoms with Crippen LogP contribution in [0, 0.1) is 0 Å². The summed E-state index contributed by atoms with van der Waals surface area (Å²) in [5.41, 5.74) is 2.29. The molecule has 0 fully saturated rings. The maximum Gasteiger partial charge on any atom is 0.187 e. The van der Waals surface area contributed by atoms with Crippen LogP contribution in [-0.4, -0.2) is 24.5 Å². The molecule has 1 heterocycles. The van der Waals surface area contributed by atoms with Crippen LogP contribution in [0.1, 0.15) is 28.4 Å². The van der Waals surface area contributed by atoms with Crippen molar-refractivity contribution in [2.75, 3.05) is 13.7 Å². The van der Waals surface area contributed by atoms with E-state index in [1.165, 1.54) is 6.08 Å². The first kappa shape index (κ1) is 20.1. The van der Waals surface area contributed by atoms with Crippen molar-refractivity contribution in [3.05, 3.63) is 89.8 Å². The Balaban J connectivity index is 1.75. The van der Waals surface area contributed by atoms with Crippen molar-refractivity contribution in [3.8, 4) is 17.2 Å². The quantitative estimate of drug-likeness (QED) is 0.382. The van der Waals surface area contributed by atoms with E-state index in [0.717, 1.165) is 16.9 Å².